The van der Waals surface area contributed by atoms with Gasteiger partial charge in [0.1, 0.15) is 11.7 Å². The maximum Gasteiger partial charge on any atom is 0.240 e. The Bertz CT molecular complexity index is 765. The zero-order valence-electron chi connectivity index (χ0n) is 13.4. The number of hydrogen-bond acceptors (Lipinski definition) is 3. The van der Waals surface area contributed by atoms with Gasteiger partial charge >= 0.3 is 0 Å². The number of carbonyl (C=O) groups is 2. The smallest absolute Gasteiger partial charge is 0.240 e. The summed E-state index contributed by atoms with van der Waals surface area (Å²) in [5, 5.41) is 3.05. The molecule has 25 heavy (non-hydrogen) atoms. The van der Waals surface area contributed by atoms with E-state index in [1.165, 1.54) is 4.90 Å². The van der Waals surface area contributed by atoms with Crippen LogP contribution in [0.4, 0.5) is 5.69 Å². The largest absolute Gasteiger partial charge is 0.351 e. The fraction of sp³-hybridized carbons (Fsp3) is 0.167. The van der Waals surface area contributed by atoms with Gasteiger partial charge in [0.25, 0.3) is 0 Å². The number of nitrogens with one attached hydrogen (secondary N) is 1. The third-order valence-electron chi connectivity index (χ3n) is 3.31. The van der Waals surface area contributed by atoms with Crippen LogP contribution in [0.5, 0.6) is 0 Å². The van der Waals surface area contributed by atoms with Crippen molar-refractivity contribution in [2.75, 3.05) is 18.0 Å². The molecule has 2 aromatic rings. The van der Waals surface area contributed by atoms with Crippen molar-refractivity contribution in [3.05, 3.63) is 70.4 Å². The number of nitrogens with zero attached hydrogens (tertiary/aromatic N) is 2. The molecule has 0 atom stereocenters. The molecule has 0 aliphatic heterocycles. The van der Waals surface area contributed by atoms with E-state index >= 15 is 0 Å². The Morgan fingerprint density at radius 2 is 2.12 bits per heavy atom. The van der Waals surface area contributed by atoms with Gasteiger partial charge in [-0.15, -0.1) is 6.58 Å². The average Bonchev–Trinajstić information content (AvgIpc) is 2.59. The molecule has 1 heterocycles. The Kier molecular flexibility index (Phi) is 7.16. The number of rotatable bonds is 7. The lowest BCUT2D eigenvalue weighted by Crippen LogP contribution is -2.41. The van der Waals surface area contributed by atoms with Gasteiger partial charge < -0.3 is 10.2 Å². The minimum atomic E-state index is -0.262. The van der Waals surface area contributed by atoms with Crippen molar-refractivity contribution < 1.29 is 9.59 Å². The Morgan fingerprint density at radius 3 is 2.76 bits per heavy atom. The fourth-order valence-corrected chi connectivity index (χ4v) is 2.63. The summed E-state index contributed by atoms with van der Waals surface area (Å²) in [7, 11) is 0. The molecule has 0 bridgehead atoms. The van der Waals surface area contributed by atoms with Gasteiger partial charge in [0.2, 0.25) is 11.8 Å². The van der Waals surface area contributed by atoms with Crippen LogP contribution in [0.25, 0.3) is 0 Å². The monoisotopic (exact) mass is 421 g/mol. The lowest BCUT2D eigenvalue weighted by Gasteiger charge is -2.22. The number of carbonyl (C=O) groups excluding carboxylic acids is 2. The van der Waals surface area contributed by atoms with E-state index in [4.69, 9.17) is 11.6 Å². The van der Waals surface area contributed by atoms with E-state index < -0.39 is 0 Å². The normalized spacial score (nSPS) is 10.2. The van der Waals surface area contributed by atoms with E-state index in [1.54, 1.807) is 36.5 Å². The van der Waals surface area contributed by atoms with Gasteiger partial charge in [-0.05, 0) is 29.8 Å². The Hall–Kier alpha value is -2.18. The van der Waals surface area contributed by atoms with Gasteiger partial charge in [-0.3, -0.25) is 9.59 Å². The van der Waals surface area contributed by atoms with Crippen molar-refractivity contribution in [3.63, 3.8) is 0 Å². The number of aromatic nitrogens is 1. The summed E-state index contributed by atoms with van der Waals surface area (Å²) in [5.74, 6) is -0.474. The second-order valence-corrected chi connectivity index (χ2v) is 6.52. The maximum atomic E-state index is 12.8. The van der Waals surface area contributed by atoms with E-state index in [0.717, 1.165) is 10.0 Å². The van der Waals surface area contributed by atoms with Crippen LogP contribution in [0.15, 0.2) is 59.7 Å². The number of halogens is 2. The van der Waals surface area contributed by atoms with Gasteiger partial charge in [0.05, 0.1) is 6.42 Å². The first-order valence-electron chi connectivity index (χ1n) is 7.53. The fourth-order valence-electron chi connectivity index (χ4n) is 2.13. The first kappa shape index (κ1) is 19.1. The molecule has 0 saturated heterocycles. The summed E-state index contributed by atoms with van der Waals surface area (Å²) in [5.41, 5.74) is 1.36. The van der Waals surface area contributed by atoms with Crippen molar-refractivity contribution in [2.24, 2.45) is 0 Å². The molecule has 0 fully saturated rings. The summed E-state index contributed by atoms with van der Waals surface area (Å²) in [6, 6.07) is 10.6. The van der Waals surface area contributed by atoms with Crippen LogP contribution in [-0.2, 0) is 16.0 Å². The number of hydrogen-bond donors (Lipinski definition) is 1. The summed E-state index contributed by atoms with van der Waals surface area (Å²) in [6.07, 6.45) is 3.26. The van der Waals surface area contributed by atoms with E-state index in [1.807, 2.05) is 12.1 Å². The van der Waals surface area contributed by atoms with Crippen molar-refractivity contribution in [3.8, 4) is 0 Å². The van der Waals surface area contributed by atoms with Gasteiger partial charge in [0, 0.05) is 22.9 Å². The van der Waals surface area contributed by atoms with Crippen LogP contribution >= 0.6 is 27.5 Å². The third-order valence-corrected chi connectivity index (χ3v) is 4.03. The number of anilines is 1. The average molecular weight is 423 g/mol. The molecule has 2 amide bonds. The Labute approximate surface area is 159 Å². The molecule has 1 aromatic carbocycles. The van der Waals surface area contributed by atoms with Crippen LogP contribution in [0.3, 0.4) is 0 Å². The van der Waals surface area contributed by atoms with Crippen molar-refractivity contribution in [1.29, 1.82) is 0 Å². The minimum absolute atomic E-state index is 0.0792. The number of amides is 2. The topological polar surface area (TPSA) is 62.3 Å². The van der Waals surface area contributed by atoms with Gasteiger partial charge in [-0.25, -0.2) is 4.98 Å². The molecule has 0 unspecified atom stereocenters. The third kappa shape index (κ3) is 5.99. The van der Waals surface area contributed by atoms with Gasteiger partial charge in [0.15, 0.2) is 0 Å². The van der Waals surface area contributed by atoms with Crippen LogP contribution < -0.4 is 10.2 Å². The maximum absolute atomic E-state index is 12.8. The molecule has 0 spiro atoms. The Balaban J connectivity index is 2.20. The molecular weight excluding hydrogens is 406 g/mol. The molecule has 0 saturated carbocycles. The molecule has 2 rings (SSSR count). The molecule has 0 aliphatic rings. The molecule has 130 valence electrons. The van der Waals surface area contributed by atoms with Gasteiger partial charge in [-0.2, -0.15) is 0 Å². The van der Waals surface area contributed by atoms with Crippen LogP contribution in [0.2, 0.25) is 5.15 Å². The van der Waals surface area contributed by atoms with E-state index in [2.05, 4.69) is 32.8 Å². The number of pyridine rings is 1. The molecular formula is C18H17BrClN3O2. The second kappa shape index (κ2) is 9.34. The lowest BCUT2D eigenvalue weighted by atomic mass is 10.1. The highest BCUT2D eigenvalue weighted by molar-refractivity contribution is 9.10. The molecule has 1 aromatic heterocycles. The van der Waals surface area contributed by atoms with Crippen LogP contribution in [-0.4, -0.2) is 29.9 Å². The molecule has 0 aliphatic carbocycles. The standard InChI is InChI=1S/C18H17BrClN3O2/c1-2-8-21-17(24)12-23(15-5-3-4-14(19)10-15)18(25)9-13-6-7-16(20)22-11-13/h2-7,10-11H,1,8-9,12H2,(H,21,24). The summed E-state index contributed by atoms with van der Waals surface area (Å²) < 4.78 is 0.822. The highest BCUT2D eigenvalue weighted by Gasteiger charge is 2.19. The second-order valence-electron chi connectivity index (χ2n) is 5.22. The molecule has 5 nitrogen and oxygen atoms in total. The zero-order chi connectivity index (χ0) is 18.2. The summed E-state index contributed by atoms with van der Waals surface area (Å²) in [4.78, 5) is 30.3. The predicted molar refractivity (Wildman–Crippen MR) is 103 cm³/mol. The first-order valence-corrected chi connectivity index (χ1v) is 8.70. The zero-order valence-corrected chi connectivity index (χ0v) is 15.8. The van der Waals surface area contributed by atoms with Crippen LogP contribution in [0, 0.1) is 0 Å². The molecule has 7 heteroatoms. The summed E-state index contributed by atoms with van der Waals surface area (Å²) in [6.45, 7) is 3.83. The summed E-state index contributed by atoms with van der Waals surface area (Å²) >= 11 is 9.15. The van der Waals surface area contributed by atoms with Crippen molar-refractivity contribution in [2.45, 2.75) is 6.42 Å². The van der Waals surface area contributed by atoms with E-state index in [9.17, 15) is 9.59 Å². The first-order chi connectivity index (χ1) is 12.0. The SMILES string of the molecule is C=CCNC(=O)CN(C(=O)Cc1ccc(Cl)nc1)c1cccc(Br)c1. The quantitative estimate of drug-likeness (QED) is 0.550. The Morgan fingerprint density at radius 1 is 1.32 bits per heavy atom. The molecule has 0 radical (unpaired) electrons. The van der Waals surface area contributed by atoms with Crippen molar-refractivity contribution in [1.82, 2.24) is 10.3 Å². The minimum Gasteiger partial charge on any atom is -0.351 e. The van der Waals surface area contributed by atoms with Crippen LogP contribution in [0.1, 0.15) is 5.56 Å². The predicted octanol–water partition coefficient (Wildman–Crippen LogP) is 3.38. The van der Waals surface area contributed by atoms with E-state index in [-0.39, 0.29) is 24.8 Å². The highest BCUT2D eigenvalue weighted by Crippen LogP contribution is 2.21. The van der Waals surface area contributed by atoms with Gasteiger partial charge in [-0.1, -0.05) is 45.7 Å². The highest BCUT2D eigenvalue weighted by atomic mass is 79.9. The molecule has 1 N–H and O–H groups in total. The van der Waals surface area contributed by atoms with E-state index in [0.29, 0.717) is 17.4 Å². The van der Waals surface area contributed by atoms with Crippen molar-refractivity contribution >= 4 is 45.0 Å². The lowest BCUT2D eigenvalue weighted by molar-refractivity contribution is -0.123. The number of benzene rings is 1.